The van der Waals surface area contributed by atoms with Gasteiger partial charge < -0.3 is 23.3 Å². The van der Waals surface area contributed by atoms with Crippen LogP contribution in [0.1, 0.15) is 31.7 Å². The first kappa shape index (κ1) is 20.5. The van der Waals surface area contributed by atoms with Crippen molar-refractivity contribution in [2.24, 2.45) is 5.92 Å². The third-order valence-electron chi connectivity index (χ3n) is 4.45. The van der Waals surface area contributed by atoms with E-state index in [0.717, 1.165) is 11.3 Å². The molecule has 7 heteroatoms. The molecule has 29 heavy (non-hydrogen) atoms. The van der Waals surface area contributed by atoms with Crippen LogP contribution in [0.4, 0.5) is 0 Å². The fourth-order valence-electron chi connectivity index (χ4n) is 3.02. The average molecular weight is 398 g/mol. The molecule has 0 aliphatic heterocycles. The quantitative estimate of drug-likeness (QED) is 0.527. The normalized spacial score (nSPS) is 10.9. The molecular formula is C22H26N2O5. The van der Waals surface area contributed by atoms with Crippen LogP contribution in [0.2, 0.25) is 0 Å². The van der Waals surface area contributed by atoms with E-state index in [2.05, 4.69) is 5.16 Å². The molecule has 0 bridgehead atoms. The van der Waals surface area contributed by atoms with Crippen molar-refractivity contribution in [1.82, 2.24) is 10.1 Å². The first-order valence-electron chi connectivity index (χ1n) is 9.48. The summed E-state index contributed by atoms with van der Waals surface area (Å²) in [5.74, 6) is 2.91. The third kappa shape index (κ3) is 5.19. The molecule has 0 radical (unpaired) electrons. The van der Waals surface area contributed by atoms with Crippen LogP contribution in [0, 0.1) is 5.92 Å². The Morgan fingerprint density at radius 2 is 1.97 bits per heavy atom. The van der Waals surface area contributed by atoms with Crippen LogP contribution >= 0.6 is 0 Å². The van der Waals surface area contributed by atoms with Crippen molar-refractivity contribution in [3.63, 3.8) is 0 Å². The number of hydrogen-bond donors (Lipinski definition) is 0. The predicted octanol–water partition coefficient (Wildman–Crippen LogP) is 4.53. The minimum Gasteiger partial charge on any atom is -0.497 e. The topological polar surface area (TPSA) is 77.9 Å². The van der Waals surface area contributed by atoms with Gasteiger partial charge in [-0.25, -0.2) is 0 Å². The van der Waals surface area contributed by atoms with Gasteiger partial charge in [0.15, 0.2) is 5.76 Å². The van der Waals surface area contributed by atoms with E-state index < -0.39 is 0 Å². The van der Waals surface area contributed by atoms with Crippen LogP contribution in [-0.2, 0) is 17.9 Å². The van der Waals surface area contributed by atoms with Crippen LogP contribution in [0.3, 0.4) is 0 Å². The van der Waals surface area contributed by atoms with Gasteiger partial charge in [0, 0.05) is 12.5 Å². The van der Waals surface area contributed by atoms with Gasteiger partial charge in [-0.05, 0) is 36.2 Å². The van der Waals surface area contributed by atoms with Gasteiger partial charge in [-0.15, -0.1) is 0 Å². The number of aromatic nitrogens is 1. The molecule has 3 aromatic rings. The molecule has 1 aromatic carbocycles. The van der Waals surface area contributed by atoms with Crippen molar-refractivity contribution in [3.8, 4) is 22.8 Å². The Balaban J connectivity index is 1.83. The minimum absolute atomic E-state index is 0.0416. The Hall–Kier alpha value is -3.22. The van der Waals surface area contributed by atoms with Crippen molar-refractivity contribution in [2.75, 3.05) is 14.2 Å². The fourth-order valence-corrected chi connectivity index (χ4v) is 3.02. The Bertz CT molecular complexity index is 931. The second-order valence-corrected chi connectivity index (χ2v) is 7.18. The average Bonchev–Trinajstić information content (AvgIpc) is 3.38. The van der Waals surface area contributed by atoms with E-state index in [-0.39, 0.29) is 11.8 Å². The third-order valence-corrected chi connectivity index (χ3v) is 4.45. The highest BCUT2D eigenvalue weighted by Gasteiger charge is 2.20. The largest absolute Gasteiger partial charge is 0.497 e. The molecular weight excluding hydrogens is 372 g/mol. The van der Waals surface area contributed by atoms with E-state index in [1.807, 2.05) is 50.2 Å². The zero-order chi connectivity index (χ0) is 20.8. The Morgan fingerprint density at radius 3 is 2.62 bits per heavy atom. The number of benzene rings is 1. The van der Waals surface area contributed by atoms with Crippen molar-refractivity contribution >= 4 is 5.91 Å². The molecule has 0 aliphatic carbocycles. The second kappa shape index (κ2) is 9.32. The highest BCUT2D eigenvalue weighted by atomic mass is 16.5. The standard InChI is InChI=1S/C22H26N2O5/c1-15(2)10-22(25)24(14-18-6-5-9-28-18)13-16-11-21(29-23-16)19-12-17(26-3)7-8-20(19)27-4/h5-9,11-12,15H,10,13-14H2,1-4H3. The maximum Gasteiger partial charge on any atom is 0.223 e. The number of carbonyl (C=O) groups is 1. The lowest BCUT2D eigenvalue weighted by Crippen LogP contribution is -2.30. The van der Waals surface area contributed by atoms with Gasteiger partial charge >= 0.3 is 0 Å². The van der Waals surface area contributed by atoms with E-state index in [9.17, 15) is 4.79 Å². The van der Waals surface area contributed by atoms with Crippen LogP contribution in [-0.4, -0.2) is 30.2 Å². The predicted molar refractivity (Wildman–Crippen MR) is 107 cm³/mol. The SMILES string of the molecule is COc1ccc(OC)c(-c2cc(CN(Cc3ccco3)C(=O)CC(C)C)no2)c1. The summed E-state index contributed by atoms with van der Waals surface area (Å²) in [5, 5.41) is 4.16. The van der Waals surface area contributed by atoms with Gasteiger partial charge in [0.05, 0.1) is 39.1 Å². The number of nitrogens with zero attached hydrogens (tertiary/aromatic N) is 2. The van der Waals surface area contributed by atoms with E-state index >= 15 is 0 Å². The Kier molecular flexibility index (Phi) is 6.59. The van der Waals surface area contributed by atoms with Crippen LogP contribution in [0.15, 0.2) is 51.6 Å². The maximum absolute atomic E-state index is 12.7. The Morgan fingerprint density at radius 1 is 1.14 bits per heavy atom. The molecule has 154 valence electrons. The van der Waals surface area contributed by atoms with Crippen LogP contribution < -0.4 is 9.47 Å². The number of furan rings is 1. The monoisotopic (exact) mass is 398 g/mol. The molecule has 7 nitrogen and oxygen atoms in total. The number of methoxy groups -OCH3 is 2. The molecule has 0 aliphatic rings. The summed E-state index contributed by atoms with van der Waals surface area (Å²) in [4.78, 5) is 14.5. The van der Waals surface area contributed by atoms with Gasteiger partial charge in [-0.1, -0.05) is 19.0 Å². The molecule has 0 unspecified atom stereocenters. The molecule has 1 amide bonds. The van der Waals surface area contributed by atoms with E-state index in [4.69, 9.17) is 18.4 Å². The maximum atomic E-state index is 12.7. The molecule has 0 fully saturated rings. The molecule has 2 aromatic heterocycles. The highest BCUT2D eigenvalue weighted by molar-refractivity contribution is 5.76. The van der Waals surface area contributed by atoms with Gasteiger partial charge in [-0.2, -0.15) is 0 Å². The fraction of sp³-hybridized carbons (Fsp3) is 0.364. The van der Waals surface area contributed by atoms with Crippen molar-refractivity contribution in [3.05, 3.63) is 54.1 Å². The molecule has 0 saturated heterocycles. The van der Waals surface area contributed by atoms with E-state index in [1.165, 1.54) is 0 Å². The molecule has 0 saturated carbocycles. The summed E-state index contributed by atoms with van der Waals surface area (Å²) in [6, 6.07) is 10.9. The summed E-state index contributed by atoms with van der Waals surface area (Å²) < 4.78 is 21.7. The zero-order valence-electron chi connectivity index (χ0n) is 17.2. The van der Waals surface area contributed by atoms with Gasteiger partial charge in [0.25, 0.3) is 0 Å². The van der Waals surface area contributed by atoms with Crippen molar-refractivity contribution in [1.29, 1.82) is 0 Å². The lowest BCUT2D eigenvalue weighted by molar-refractivity contribution is -0.133. The smallest absolute Gasteiger partial charge is 0.223 e. The summed E-state index contributed by atoms with van der Waals surface area (Å²) in [7, 11) is 3.20. The highest BCUT2D eigenvalue weighted by Crippen LogP contribution is 2.34. The second-order valence-electron chi connectivity index (χ2n) is 7.18. The van der Waals surface area contributed by atoms with Gasteiger partial charge in [0.1, 0.15) is 23.0 Å². The Labute approximate surface area is 170 Å². The summed E-state index contributed by atoms with van der Waals surface area (Å²) in [6.45, 7) is 4.74. The number of ether oxygens (including phenoxy) is 2. The molecule has 2 heterocycles. The first-order chi connectivity index (χ1) is 14.0. The van der Waals surface area contributed by atoms with E-state index in [0.29, 0.717) is 42.5 Å². The summed E-state index contributed by atoms with van der Waals surface area (Å²) in [5.41, 5.74) is 1.38. The first-order valence-corrected chi connectivity index (χ1v) is 9.48. The van der Waals surface area contributed by atoms with Crippen molar-refractivity contribution in [2.45, 2.75) is 33.4 Å². The lowest BCUT2D eigenvalue weighted by atomic mass is 10.1. The molecule has 0 spiro atoms. The number of amides is 1. The summed E-state index contributed by atoms with van der Waals surface area (Å²) in [6.07, 6.45) is 2.05. The van der Waals surface area contributed by atoms with Crippen LogP contribution in [0.25, 0.3) is 11.3 Å². The number of hydrogen-bond acceptors (Lipinski definition) is 6. The van der Waals surface area contributed by atoms with Crippen molar-refractivity contribution < 1.29 is 23.2 Å². The van der Waals surface area contributed by atoms with Crippen LogP contribution in [0.5, 0.6) is 11.5 Å². The molecule has 3 rings (SSSR count). The van der Waals surface area contributed by atoms with Gasteiger partial charge in [-0.3, -0.25) is 4.79 Å². The number of carbonyl (C=O) groups excluding carboxylic acids is 1. The minimum atomic E-state index is 0.0416. The molecule has 0 N–H and O–H groups in total. The lowest BCUT2D eigenvalue weighted by Gasteiger charge is -2.21. The van der Waals surface area contributed by atoms with Gasteiger partial charge in [0.2, 0.25) is 5.91 Å². The molecule has 0 atom stereocenters. The summed E-state index contributed by atoms with van der Waals surface area (Å²) >= 11 is 0. The van der Waals surface area contributed by atoms with E-state index in [1.54, 1.807) is 25.4 Å². The number of rotatable bonds is 9. The zero-order valence-corrected chi connectivity index (χ0v) is 17.2.